The van der Waals surface area contributed by atoms with Crippen LogP contribution in [-0.4, -0.2) is 40.0 Å². The topological polar surface area (TPSA) is 67.3 Å². The molecule has 0 saturated carbocycles. The first-order chi connectivity index (χ1) is 13.0. The molecule has 0 radical (unpaired) electrons. The molecule has 0 bridgehead atoms. The number of likely N-dealkylation sites (tertiary alicyclic amines) is 1. The van der Waals surface area contributed by atoms with E-state index in [-0.39, 0.29) is 12.0 Å². The lowest BCUT2D eigenvalue weighted by Crippen LogP contribution is -2.25. The van der Waals surface area contributed by atoms with Crippen LogP contribution in [0.2, 0.25) is 0 Å². The molecular formula is C21H28N4O2. The molecular weight excluding hydrogens is 340 g/mol. The van der Waals surface area contributed by atoms with E-state index in [1.165, 1.54) is 6.92 Å². The van der Waals surface area contributed by atoms with Crippen molar-refractivity contribution in [1.29, 1.82) is 0 Å². The Kier molecular flexibility index (Phi) is 6.40. The number of aromatic nitrogens is 2. The standard InChI is InChI=1S/C21H28N4O2/c1-15(2)21-6-4-5-17(24-21)13-25-10-8-20(14-25)27-19-7-9-22-18(11-19)12-23-16(3)26/h4-7,9,11,15,20H,8,10,12-14H2,1-3H3,(H,23,26). The van der Waals surface area contributed by atoms with Crippen molar-refractivity contribution in [2.24, 2.45) is 0 Å². The first-order valence-corrected chi connectivity index (χ1v) is 9.54. The highest BCUT2D eigenvalue weighted by Gasteiger charge is 2.24. The number of carbonyl (C=O) groups excluding carboxylic acids is 1. The predicted molar refractivity (Wildman–Crippen MR) is 104 cm³/mol. The Labute approximate surface area is 161 Å². The molecule has 1 atom stereocenters. The Morgan fingerprint density at radius 1 is 1.33 bits per heavy atom. The van der Waals surface area contributed by atoms with E-state index >= 15 is 0 Å². The second-order valence-electron chi connectivity index (χ2n) is 7.36. The Balaban J connectivity index is 1.53. The van der Waals surface area contributed by atoms with Gasteiger partial charge in [-0.05, 0) is 30.5 Å². The van der Waals surface area contributed by atoms with Crippen LogP contribution in [0.5, 0.6) is 5.75 Å². The van der Waals surface area contributed by atoms with E-state index in [1.807, 2.05) is 12.1 Å². The van der Waals surface area contributed by atoms with Crippen LogP contribution in [0, 0.1) is 0 Å². The largest absolute Gasteiger partial charge is 0.489 e. The molecule has 1 N–H and O–H groups in total. The lowest BCUT2D eigenvalue weighted by Gasteiger charge is -2.17. The summed E-state index contributed by atoms with van der Waals surface area (Å²) in [5.41, 5.74) is 3.05. The van der Waals surface area contributed by atoms with Gasteiger partial charge in [0.15, 0.2) is 0 Å². The molecule has 2 aromatic heterocycles. The summed E-state index contributed by atoms with van der Waals surface area (Å²) in [6, 6.07) is 10.0. The number of pyridine rings is 2. The van der Waals surface area contributed by atoms with Gasteiger partial charge in [0.1, 0.15) is 11.9 Å². The molecule has 1 saturated heterocycles. The summed E-state index contributed by atoms with van der Waals surface area (Å²) in [5.74, 6) is 1.18. The maximum absolute atomic E-state index is 11.0. The number of nitrogens with one attached hydrogen (secondary N) is 1. The van der Waals surface area contributed by atoms with Gasteiger partial charge in [-0.1, -0.05) is 19.9 Å². The summed E-state index contributed by atoms with van der Waals surface area (Å²) in [5, 5.41) is 2.76. The number of rotatable bonds is 7. The van der Waals surface area contributed by atoms with Crippen LogP contribution >= 0.6 is 0 Å². The SMILES string of the molecule is CC(=O)NCc1cc(OC2CCN(Cc3cccc(C(C)C)n3)C2)ccn1. The number of carbonyl (C=O) groups is 1. The van der Waals surface area contributed by atoms with Crippen molar-refractivity contribution in [1.82, 2.24) is 20.2 Å². The van der Waals surface area contributed by atoms with Crippen molar-refractivity contribution in [3.8, 4) is 5.75 Å². The van der Waals surface area contributed by atoms with Gasteiger partial charge >= 0.3 is 0 Å². The first-order valence-electron chi connectivity index (χ1n) is 9.54. The molecule has 1 unspecified atom stereocenters. The van der Waals surface area contributed by atoms with Crippen molar-refractivity contribution in [3.63, 3.8) is 0 Å². The minimum atomic E-state index is -0.0651. The quantitative estimate of drug-likeness (QED) is 0.814. The van der Waals surface area contributed by atoms with E-state index in [0.29, 0.717) is 12.5 Å². The van der Waals surface area contributed by atoms with Gasteiger partial charge in [0.25, 0.3) is 0 Å². The normalized spacial score (nSPS) is 17.3. The second-order valence-corrected chi connectivity index (χ2v) is 7.36. The third-order valence-corrected chi connectivity index (χ3v) is 4.64. The van der Waals surface area contributed by atoms with E-state index in [9.17, 15) is 4.79 Å². The van der Waals surface area contributed by atoms with Crippen LogP contribution in [0.3, 0.4) is 0 Å². The Morgan fingerprint density at radius 2 is 2.19 bits per heavy atom. The van der Waals surface area contributed by atoms with Crippen molar-refractivity contribution >= 4 is 5.91 Å². The molecule has 144 valence electrons. The van der Waals surface area contributed by atoms with Crippen molar-refractivity contribution in [3.05, 3.63) is 53.6 Å². The Morgan fingerprint density at radius 3 is 2.96 bits per heavy atom. The summed E-state index contributed by atoms with van der Waals surface area (Å²) < 4.78 is 6.14. The molecule has 1 fully saturated rings. The average Bonchev–Trinajstić information content (AvgIpc) is 3.07. The van der Waals surface area contributed by atoms with E-state index < -0.39 is 0 Å². The van der Waals surface area contributed by atoms with E-state index in [2.05, 4.69) is 47.2 Å². The summed E-state index contributed by atoms with van der Waals surface area (Å²) in [4.78, 5) is 22.5. The Hall–Kier alpha value is -2.47. The van der Waals surface area contributed by atoms with Crippen molar-refractivity contribution in [2.75, 3.05) is 13.1 Å². The lowest BCUT2D eigenvalue weighted by molar-refractivity contribution is -0.119. The minimum Gasteiger partial charge on any atom is -0.489 e. The molecule has 1 amide bonds. The highest BCUT2D eigenvalue weighted by Crippen LogP contribution is 2.20. The van der Waals surface area contributed by atoms with Gasteiger partial charge in [-0.2, -0.15) is 0 Å². The molecule has 3 heterocycles. The fraction of sp³-hybridized carbons (Fsp3) is 0.476. The Bertz CT molecular complexity index is 778. The van der Waals surface area contributed by atoms with Crippen LogP contribution in [0.4, 0.5) is 0 Å². The molecule has 1 aliphatic heterocycles. The van der Waals surface area contributed by atoms with Crippen LogP contribution in [0.25, 0.3) is 0 Å². The average molecular weight is 368 g/mol. The maximum Gasteiger partial charge on any atom is 0.217 e. The van der Waals surface area contributed by atoms with Gasteiger partial charge < -0.3 is 10.1 Å². The molecule has 0 aliphatic carbocycles. The van der Waals surface area contributed by atoms with Gasteiger partial charge in [-0.3, -0.25) is 19.7 Å². The summed E-state index contributed by atoms with van der Waals surface area (Å²) in [6.07, 6.45) is 2.88. The zero-order chi connectivity index (χ0) is 19.2. The molecule has 2 aromatic rings. The van der Waals surface area contributed by atoms with Gasteiger partial charge in [0.2, 0.25) is 5.91 Å². The van der Waals surface area contributed by atoms with Gasteiger partial charge in [-0.15, -0.1) is 0 Å². The van der Waals surface area contributed by atoms with Gasteiger partial charge in [0, 0.05) is 44.5 Å². The van der Waals surface area contributed by atoms with Crippen LogP contribution in [0.1, 0.15) is 50.2 Å². The molecule has 0 spiro atoms. The molecule has 1 aliphatic rings. The monoisotopic (exact) mass is 368 g/mol. The van der Waals surface area contributed by atoms with Crippen molar-refractivity contribution < 1.29 is 9.53 Å². The molecule has 6 heteroatoms. The predicted octanol–water partition coefficient (Wildman–Crippen LogP) is 2.89. The van der Waals surface area contributed by atoms with Crippen molar-refractivity contribution in [2.45, 2.75) is 52.3 Å². The highest BCUT2D eigenvalue weighted by molar-refractivity contribution is 5.72. The smallest absolute Gasteiger partial charge is 0.217 e. The maximum atomic E-state index is 11.0. The third kappa shape index (κ3) is 5.76. The summed E-state index contributed by atoms with van der Waals surface area (Å²) >= 11 is 0. The number of ether oxygens (including phenoxy) is 1. The van der Waals surface area contributed by atoms with Crippen LogP contribution < -0.4 is 10.1 Å². The van der Waals surface area contributed by atoms with E-state index in [1.54, 1.807) is 6.20 Å². The van der Waals surface area contributed by atoms with E-state index in [0.717, 1.165) is 48.9 Å². The van der Waals surface area contributed by atoms with Gasteiger partial charge in [-0.25, -0.2) is 0 Å². The zero-order valence-electron chi connectivity index (χ0n) is 16.3. The van der Waals surface area contributed by atoms with Crippen LogP contribution in [-0.2, 0) is 17.9 Å². The first kappa shape index (κ1) is 19.3. The number of hydrogen-bond donors (Lipinski definition) is 1. The summed E-state index contributed by atoms with van der Waals surface area (Å²) in [7, 11) is 0. The number of nitrogens with zero attached hydrogens (tertiary/aromatic N) is 3. The number of hydrogen-bond acceptors (Lipinski definition) is 5. The molecule has 6 nitrogen and oxygen atoms in total. The fourth-order valence-electron chi connectivity index (χ4n) is 3.21. The fourth-order valence-corrected chi connectivity index (χ4v) is 3.21. The van der Waals surface area contributed by atoms with E-state index in [4.69, 9.17) is 9.72 Å². The molecule has 27 heavy (non-hydrogen) atoms. The third-order valence-electron chi connectivity index (χ3n) is 4.64. The zero-order valence-corrected chi connectivity index (χ0v) is 16.3. The number of amides is 1. The van der Waals surface area contributed by atoms with Crippen LogP contribution in [0.15, 0.2) is 36.5 Å². The lowest BCUT2D eigenvalue weighted by atomic mass is 10.1. The second kappa shape index (κ2) is 8.95. The van der Waals surface area contributed by atoms with Gasteiger partial charge in [0.05, 0.1) is 17.9 Å². The highest BCUT2D eigenvalue weighted by atomic mass is 16.5. The molecule has 3 rings (SSSR count). The summed E-state index contributed by atoms with van der Waals surface area (Å²) in [6.45, 7) is 8.99. The minimum absolute atomic E-state index is 0.0651. The molecule has 0 aromatic carbocycles.